The Balaban J connectivity index is 1.87. The maximum Gasteiger partial charge on any atom is 0.323 e. The number of ether oxygens (including phenoxy) is 2. The van der Waals surface area contributed by atoms with E-state index < -0.39 is 6.03 Å². The summed E-state index contributed by atoms with van der Waals surface area (Å²) in [5.41, 5.74) is 1.71. The molecule has 8 heteroatoms. The van der Waals surface area contributed by atoms with Crippen molar-refractivity contribution in [3.63, 3.8) is 0 Å². The van der Waals surface area contributed by atoms with Crippen molar-refractivity contribution in [3.05, 3.63) is 64.6 Å². The number of para-hydroxylation sites is 1. The monoisotopic (exact) mass is 382 g/mol. The zero-order chi connectivity index (χ0) is 20.3. The number of amides is 2. The second kappa shape index (κ2) is 7.91. The lowest BCUT2D eigenvalue weighted by Crippen LogP contribution is -2.25. The molecule has 3 rings (SSSR count). The van der Waals surface area contributed by atoms with Gasteiger partial charge < -0.3 is 20.1 Å². The fraction of sp³-hybridized carbons (Fsp3) is 0.200. The van der Waals surface area contributed by atoms with Crippen molar-refractivity contribution in [3.8, 4) is 17.2 Å². The van der Waals surface area contributed by atoms with Gasteiger partial charge in [0.15, 0.2) is 0 Å². The van der Waals surface area contributed by atoms with Crippen LogP contribution in [0.1, 0.15) is 5.69 Å². The minimum Gasteiger partial charge on any atom is -0.497 e. The molecule has 0 aliphatic heterocycles. The van der Waals surface area contributed by atoms with E-state index in [9.17, 15) is 9.59 Å². The van der Waals surface area contributed by atoms with E-state index in [1.165, 1.54) is 18.9 Å². The summed E-state index contributed by atoms with van der Waals surface area (Å²) in [6.45, 7) is 1.77. The molecule has 0 bridgehead atoms. The van der Waals surface area contributed by atoms with E-state index in [-0.39, 0.29) is 11.2 Å². The molecular weight excluding hydrogens is 360 g/mol. The number of carbonyl (C=O) groups excluding carboxylic acids is 1. The molecule has 0 aliphatic carbocycles. The van der Waals surface area contributed by atoms with Crippen LogP contribution in [0.3, 0.4) is 0 Å². The van der Waals surface area contributed by atoms with Gasteiger partial charge in [0.2, 0.25) is 0 Å². The van der Waals surface area contributed by atoms with Crippen LogP contribution >= 0.6 is 0 Å². The first-order valence-corrected chi connectivity index (χ1v) is 8.59. The van der Waals surface area contributed by atoms with Crippen molar-refractivity contribution in [2.24, 2.45) is 7.05 Å². The molecule has 2 N–H and O–H groups in total. The molecule has 0 fully saturated rings. The zero-order valence-corrected chi connectivity index (χ0v) is 16.1. The molecule has 0 aliphatic rings. The summed E-state index contributed by atoms with van der Waals surface area (Å²) in [6.07, 6.45) is 0. The Kier molecular flexibility index (Phi) is 5.39. The Morgan fingerprint density at radius 1 is 0.964 bits per heavy atom. The molecular formula is C20H22N4O4. The zero-order valence-electron chi connectivity index (χ0n) is 16.1. The smallest absolute Gasteiger partial charge is 0.323 e. The molecule has 0 saturated heterocycles. The molecule has 1 aromatic heterocycles. The van der Waals surface area contributed by atoms with Crippen molar-refractivity contribution in [1.82, 2.24) is 9.36 Å². The number of hydrogen-bond acceptors (Lipinski definition) is 4. The lowest BCUT2D eigenvalue weighted by Gasteiger charge is -2.10. The number of rotatable bonds is 5. The van der Waals surface area contributed by atoms with Crippen molar-refractivity contribution < 1.29 is 14.3 Å². The number of aromatic nitrogens is 2. The van der Waals surface area contributed by atoms with Gasteiger partial charge in [-0.2, -0.15) is 0 Å². The highest BCUT2D eigenvalue weighted by Crippen LogP contribution is 2.26. The van der Waals surface area contributed by atoms with Gasteiger partial charge in [0.25, 0.3) is 5.56 Å². The fourth-order valence-corrected chi connectivity index (χ4v) is 2.87. The average molecular weight is 382 g/mol. The largest absolute Gasteiger partial charge is 0.497 e. The van der Waals surface area contributed by atoms with Crippen molar-refractivity contribution in [1.29, 1.82) is 0 Å². The molecule has 0 unspecified atom stereocenters. The maximum atomic E-state index is 12.9. The summed E-state index contributed by atoms with van der Waals surface area (Å²) in [6, 6.07) is 13.7. The first-order valence-electron chi connectivity index (χ1n) is 8.59. The number of benzene rings is 2. The summed E-state index contributed by atoms with van der Waals surface area (Å²) in [5.74, 6) is 1.08. The fourth-order valence-electron chi connectivity index (χ4n) is 2.87. The number of hydrogen-bond donors (Lipinski definition) is 2. The van der Waals surface area contributed by atoms with Gasteiger partial charge in [0.1, 0.15) is 17.2 Å². The Morgan fingerprint density at radius 2 is 1.57 bits per heavy atom. The van der Waals surface area contributed by atoms with Crippen LogP contribution in [0.25, 0.3) is 5.69 Å². The van der Waals surface area contributed by atoms with Crippen LogP contribution < -0.4 is 25.7 Å². The van der Waals surface area contributed by atoms with Crippen LogP contribution in [0.15, 0.2) is 53.3 Å². The van der Waals surface area contributed by atoms with E-state index in [4.69, 9.17) is 9.47 Å². The van der Waals surface area contributed by atoms with Crippen LogP contribution in [0.5, 0.6) is 11.5 Å². The van der Waals surface area contributed by atoms with Crippen LogP contribution in [0.4, 0.5) is 16.2 Å². The molecule has 2 aromatic carbocycles. The van der Waals surface area contributed by atoms with Gasteiger partial charge in [0.05, 0.1) is 25.6 Å². The molecule has 0 radical (unpaired) electrons. The second-order valence-electron chi connectivity index (χ2n) is 6.12. The summed E-state index contributed by atoms with van der Waals surface area (Å²) >= 11 is 0. The first-order chi connectivity index (χ1) is 13.4. The normalized spacial score (nSPS) is 10.4. The third-order valence-electron chi connectivity index (χ3n) is 4.40. The van der Waals surface area contributed by atoms with E-state index in [1.807, 2.05) is 30.3 Å². The molecule has 1 heterocycles. The topological polar surface area (TPSA) is 86.5 Å². The number of nitrogens with zero attached hydrogens (tertiary/aromatic N) is 2. The van der Waals surface area contributed by atoms with E-state index in [2.05, 4.69) is 10.6 Å². The van der Waals surface area contributed by atoms with Crippen LogP contribution in [0.2, 0.25) is 0 Å². The highest BCUT2D eigenvalue weighted by atomic mass is 16.5. The minimum absolute atomic E-state index is 0.207. The Labute approximate surface area is 162 Å². The van der Waals surface area contributed by atoms with Gasteiger partial charge in [-0.25, -0.2) is 9.48 Å². The Bertz CT molecular complexity index is 1030. The highest BCUT2D eigenvalue weighted by molar-refractivity contribution is 6.00. The van der Waals surface area contributed by atoms with Crippen molar-refractivity contribution in [2.75, 3.05) is 24.9 Å². The Hall–Kier alpha value is -3.68. The molecule has 0 atom stereocenters. The van der Waals surface area contributed by atoms with Crippen molar-refractivity contribution in [2.45, 2.75) is 6.92 Å². The lowest BCUT2D eigenvalue weighted by atomic mass is 10.3. The van der Waals surface area contributed by atoms with E-state index in [1.54, 1.807) is 36.9 Å². The summed E-state index contributed by atoms with van der Waals surface area (Å²) < 4.78 is 13.6. The van der Waals surface area contributed by atoms with Crippen LogP contribution in [-0.2, 0) is 7.05 Å². The Morgan fingerprint density at radius 3 is 2.14 bits per heavy atom. The third kappa shape index (κ3) is 3.71. The standard InChI is InChI=1S/C20H22N4O4/c1-13-18(19(25)24(23(13)2)15-8-6-5-7-9-15)22-20(26)21-14-10-16(27-3)12-17(11-14)28-4/h5-12H,1-4H3,(H2,21,22,26). The molecule has 3 aromatic rings. The highest BCUT2D eigenvalue weighted by Gasteiger charge is 2.18. The number of carbonyl (C=O) groups is 1. The second-order valence-corrected chi connectivity index (χ2v) is 6.12. The van der Waals surface area contributed by atoms with E-state index >= 15 is 0 Å². The van der Waals surface area contributed by atoms with Gasteiger partial charge in [0, 0.05) is 30.9 Å². The van der Waals surface area contributed by atoms with Crippen molar-refractivity contribution >= 4 is 17.4 Å². The molecule has 2 amide bonds. The van der Waals surface area contributed by atoms with Gasteiger partial charge >= 0.3 is 6.03 Å². The van der Waals surface area contributed by atoms with Gasteiger partial charge in [-0.15, -0.1) is 0 Å². The lowest BCUT2D eigenvalue weighted by molar-refractivity contribution is 0.262. The number of nitrogens with one attached hydrogen (secondary N) is 2. The summed E-state index contributed by atoms with van der Waals surface area (Å²) in [7, 11) is 4.82. The third-order valence-corrected chi connectivity index (χ3v) is 4.40. The van der Waals surface area contributed by atoms with E-state index in [0.29, 0.717) is 28.6 Å². The molecule has 0 saturated carbocycles. The number of anilines is 2. The molecule has 146 valence electrons. The predicted octanol–water partition coefficient (Wildman–Crippen LogP) is 3.15. The quantitative estimate of drug-likeness (QED) is 0.710. The average Bonchev–Trinajstić information content (AvgIpc) is 2.91. The van der Waals surface area contributed by atoms with Gasteiger partial charge in [-0.05, 0) is 19.1 Å². The number of methoxy groups -OCH3 is 2. The van der Waals surface area contributed by atoms with Crippen LogP contribution in [-0.4, -0.2) is 29.6 Å². The first kappa shape index (κ1) is 19.1. The van der Waals surface area contributed by atoms with Gasteiger partial charge in [-0.3, -0.25) is 9.48 Å². The number of urea groups is 1. The molecule has 0 spiro atoms. The summed E-state index contributed by atoms with van der Waals surface area (Å²) in [5, 5.41) is 5.34. The summed E-state index contributed by atoms with van der Waals surface area (Å²) in [4.78, 5) is 25.3. The predicted molar refractivity (Wildman–Crippen MR) is 108 cm³/mol. The molecule has 28 heavy (non-hydrogen) atoms. The SMILES string of the molecule is COc1cc(NC(=O)Nc2c(C)n(C)n(-c3ccccc3)c2=O)cc(OC)c1. The van der Waals surface area contributed by atoms with Crippen LogP contribution in [0, 0.1) is 6.92 Å². The van der Waals surface area contributed by atoms with E-state index in [0.717, 1.165) is 0 Å². The molecule has 8 nitrogen and oxygen atoms in total. The minimum atomic E-state index is -0.540. The maximum absolute atomic E-state index is 12.9. The van der Waals surface area contributed by atoms with Gasteiger partial charge in [-0.1, -0.05) is 18.2 Å².